The van der Waals surface area contributed by atoms with Gasteiger partial charge < -0.3 is 19.7 Å². The molecule has 1 aliphatic heterocycles. The summed E-state index contributed by atoms with van der Waals surface area (Å²) in [6.07, 6.45) is 1.48. The molecule has 0 unspecified atom stereocenters. The summed E-state index contributed by atoms with van der Waals surface area (Å²) in [6, 6.07) is 0. The minimum atomic E-state index is 0.101. The van der Waals surface area contributed by atoms with E-state index in [1.165, 1.54) is 0 Å². The highest BCUT2D eigenvalue weighted by Crippen LogP contribution is 1.98. The molecule has 0 spiro atoms. The van der Waals surface area contributed by atoms with Crippen molar-refractivity contribution in [3.05, 3.63) is 0 Å². The molecule has 124 valence electrons. The Balaban J connectivity index is 1.79. The highest BCUT2D eigenvalue weighted by atomic mass is 16.5. The first kappa shape index (κ1) is 18.4. The number of rotatable bonds is 11. The van der Waals surface area contributed by atoms with Crippen LogP contribution in [0.25, 0.3) is 0 Å². The topological polar surface area (TPSA) is 54.0 Å². The first-order chi connectivity index (χ1) is 10.2. The lowest BCUT2D eigenvalue weighted by Gasteiger charge is -2.32. The number of carbonyl (C=O) groups excluding carboxylic acids is 1. The Morgan fingerprint density at radius 3 is 2.38 bits per heavy atom. The molecule has 6 heteroatoms. The predicted molar refractivity (Wildman–Crippen MR) is 83.5 cm³/mol. The zero-order valence-corrected chi connectivity index (χ0v) is 13.6. The zero-order chi connectivity index (χ0) is 15.3. The van der Waals surface area contributed by atoms with E-state index in [9.17, 15) is 4.79 Å². The maximum Gasteiger partial charge on any atom is 0.220 e. The molecule has 1 saturated heterocycles. The number of carbonyl (C=O) groups is 1. The summed E-state index contributed by atoms with van der Waals surface area (Å²) < 4.78 is 11.0. The molecule has 0 aliphatic carbocycles. The number of nitrogens with zero attached hydrogens (tertiary/aromatic N) is 2. The maximum atomic E-state index is 11.2. The minimum absolute atomic E-state index is 0.101. The van der Waals surface area contributed by atoms with Crippen LogP contribution < -0.4 is 5.32 Å². The van der Waals surface area contributed by atoms with Gasteiger partial charge in [0.25, 0.3) is 0 Å². The van der Waals surface area contributed by atoms with Crippen LogP contribution in [0.5, 0.6) is 0 Å². The van der Waals surface area contributed by atoms with Crippen molar-refractivity contribution in [2.75, 3.05) is 72.7 Å². The second-order valence-electron chi connectivity index (χ2n) is 5.47. The van der Waals surface area contributed by atoms with Crippen LogP contribution in [0.15, 0.2) is 0 Å². The van der Waals surface area contributed by atoms with Crippen LogP contribution in [0.4, 0.5) is 0 Å². The second kappa shape index (κ2) is 11.9. The van der Waals surface area contributed by atoms with Gasteiger partial charge in [-0.15, -0.1) is 0 Å². The first-order valence-electron chi connectivity index (χ1n) is 8.05. The van der Waals surface area contributed by atoms with E-state index in [2.05, 4.69) is 22.2 Å². The maximum absolute atomic E-state index is 11.2. The molecule has 1 amide bonds. The summed E-state index contributed by atoms with van der Waals surface area (Å²) in [6.45, 7) is 10.7. The van der Waals surface area contributed by atoms with Crippen LogP contribution in [0.2, 0.25) is 0 Å². The number of likely N-dealkylation sites (N-methyl/N-ethyl adjacent to an activating group) is 1. The van der Waals surface area contributed by atoms with E-state index in [4.69, 9.17) is 9.47 Å². The van der Waals surface area contributed by atoms with Crippen molar-refractivity contribution in [3.8, 4) is 0 Å². The fourth-order valence-corrected chi connectivity index (χ4v) is 2.17. The summed E-state index contributed by atoms with van der Waals surface area (Å²) in [7, 11) is 2.16. The summed E-state index contributed by atoms with van der Waals surface area (Å²) in [5.74, 6) is 0.101. The molecule has 0 aromatic heterocycles. The Morgan fingerprint density at radius 2 is 1.71 bits per heavy atom. The van der Waals surface area contributed by atoms with E-state index in [0.717, 1.165) is 45.8 Å². The van der Waals surface area contributed by atoms with Gasteiger partial charge in [0.1, 0.15) is 0 Å². The van der Waals surface area contributed by atoms with Crippen molar-refractivity contribution in [1.82, 2.24) is 15.1 Å². The zero-order valence-electron chi connectivity index (χ0n) is 13.6. The predicted octanol–water partition coefficient (Wildman–Crippen LogP) is 0.183. The van der Waals surface area contributed by atoms with Crippen molar-refractivity contribution in [1.29, 1.82) is 0 Å². The van der Waals surface area contributed by atoms with Gasteiger partial charge in [-0.3, -0.25) is 9.69 Å². The number of amides is 1. The molecule has 1 rings (SSSR count). The summed E-state index contributed by atoms with van der Waals surface area (Å²) in [5, 5.41) is 2.82. The Morgan fingerprint density at radius 1 is 1.05 bits per heavy atom. The Bertz CT molecular complexity index is 269. The smallest absolute Gasteiger partial charge is 0.220 e. The Hall–Kier alpha value is -0.690. The van der Waals surface area contributed by atoms with Crippen molar-refractivity contribution < 1.29 is 14.3 Å². The van der Waals surface area contributed by atoms with Gasteiger partial charge in [-0.25, -0.2) is 0 Å². The summed E-state index contributed by atoms with van der Waals surface area (Å²) >= 11 is 0. The molecule has 0 aromatic rings. The molecule has 1 aliphatic rings. The van der Waals surface area contributed by atoms with E-state index >= 15 is 0 Å². The van der Waals surface area contributed by atoms with Gasteiger partial charge in [0.15, 0.2) is 0 Å². The lowest BCUT2D eigenvalue weighted by molar-refractivity contribution is -0.121. The van der Waals surface area contributed by atoms with Crippen LogP contribution in [0.1, 0.15) is 19.8 Å². The Kier molecular flexibility index (Phi) is 10.4. The average Bonchev–Trinajstić information content (AvgIpc) is 2.47. The molecule has 1 fully saturated rings. The van der Waals surface area contributed by atoms with Crippen LogP contribution in [0, 0.1) is 0 Å². The fraction of sp³-hybridized carbons (Fsp3) is 0.933. The van der Waals surface area contributed by atoms with E-state index in [0.29, 0.717) is 32.8 Å². The molecule has 1 heterocycles. The van der Waals surface area contributed by atoms with Crippen molar-refractivity contribution in [3.63, 3.8) is 0 Å². The van der Waals surface area contributed by atoms with Gasteiger partial charge in [-0.05, 0) is 13.5 Å². The van der Waals surface area contributed by atoms with Crippen LogP contribution in [-0.4, -0.2) is 88.5 Å². The monoisotopic (exact) mass is 301 g/mol. The van der Waals surface area contributed by atoms with E-state index in [1.54, 1.807) is 0 Å². The quantitative estimate of drug-likeness (QED) is 0.552. The lowest BCUT2D eigenvalue weighted by atomic mass is 10.3. The molecular weight excluding hydrogens is 270 g/mol. The molecule has 21 heavy (non-hydrogen) atoms. The van der Waals surface area contributed by atoms with Gasteiger partial charge in [-0.1, -0.05) is 6.92 Å². The molecule has 0 bridgehead atoms. The molecule has 1 N–H and O–H groups in total. The largest absolute Gasteiger partial charge is 0.378 e. The summed E-state index contributed by atoms with van der Waals surface area (Å²) in [5.41, 5.74) is 0. The third-order valence-corrected chi connectivity index (χ3v) is 3.57. The van der Waals surface area contributed by atoms with Crippen LogP contribution in [-0.2, 0) is 14.3 Å². The highest BCUT2D eigenvalue weighted by molar-refractivity contribution is 5.75. The first-order valence-corrected chi connectivity index (χ1v) is 8.05. The third-order valence-electron chi connectivity index (χ3n) is 3.57. The van der Waals surface area contributed by atoms with Crippen LogP contribution >= 0.6 is 0 Å². The van der Waals surface area contributed by atoms with Crippen molar-refractivity contribution >= 4 is 5.91 Å². The standard InChI is InChI=1S/C15H31N3O3/c1-3-4-15(19)16-5-11-20-13-14-21-12-10-18-8-6-17(2)7-9-18/h3-14H2,1-2H3,(H,16,19). The molecular formula is C15H31N3O3. The Labute approximate surface area is 128 Å². The van der Waals surface area contributed by atoms with Gasteiger partial charge in [0, 0.05) is 45.7 Å². The van der Waals surface area contributed by atoms with Crippen molar-refractivity contribution in [2.24, 2.45) is 0 Å². The molecule has 0 saturated carbocycles. The molecule has 0 radical (unpaired) electrons. The van der Waals surface area contributed by atoms with Gasteiger partial charge in [0.2, 0.25) is 5.91 Å². The average molecular weight is 301 g/mol. The normalized spacial score (nSPS) is 17.0. The number of nitrogens with one attached hydrogen (secondary N) is 1. The number of piperazine rings is 1. The highest BCUT2D eigenvalue weighted by Gasteiger charge is 2.12. The molecule has 0 aromatic carbocycles. The third kappa shape index (κ3) is 9.79. The van der Waals surface area contributed by atoms with Gasteiger partial charge >= 0.3 is 0 Å². The van der Waals surface area contributed by atoms with E-state index in [-0.39, 0.29) is 5.91 Å². The number of hydrogen-bond donors (Lipinski definition) is 1. The SMILES string of the molecule is CCCC(=O)NCCOCCOCCN1CCN(C)CC1. The molecule has 6 nitrogen and oxygen atoms in total. The fourth-order valence-electron chi connectivity index (χ4n) is 2.17. The van der Waals surface area contributed by atoms with E-state index < -0.39 is 0 Å². The molecule has 0 atom stereocenters. The summed E-state index contributed by atoms with van der Waals surface area (Å²) in [4.78, 5) is 16.0. The van der Waals surface area contributed by atoms with Crippen molar-refractivity contribution in [2.45, 2.75) is 19.8 Å². The van der Waals surface area contributed by atoms with Gasteiger partial charge in [-0.2, -0.15) is 0 Å². The second-order valence-corrected chi connectivity index (χ2v) is 5.47. The van der Waals surface area contributed by atoms with Gasteiger partial charge in [0.05, 0.1) is 26.4 Å². The van der Waals surface area contributed by atoms with Crippen LogP contribution in [0.3, 0.4) is 0 Å². The van der Waals surface area contributed by atoms with E-state index in [1.807, 2.05) is 6.92 Å². The minimum Gasteiger partial charge on any atom is -0.378 e. The number of hydrogen-bond acceptors (Lipinski definition) is 5. The lowest BCUT2D eigenvalue weighted by Crippen LogP contribution is -2.45. The number of ether oxygens (including phenoxy) is 2.